The van der Waals surface area contributed by atoms with Gasteiger partial charge in [-0.3, -0.25) is 9.10 Å². The van der Waals surface area contributed by atoms with Crippen molar-refractivity contribution in [1.82, 2.24) is 5.32 Å². The second-order valence-corrected chi connectivity index (χ2v) is 9.33. The van der Waals surface area contributed by atoms with Crippen molar-refractivity contribution in [3.8, 4) is 0 Å². The van der Waals surface area contributed by atoms with Crippen LogP contribution in [0.5, 0.6) is 0 Å². The fraction of sp³-hybridized carbons (Fsp3) is 0.174. The van der Waals surface area contributed by atoms with Gasteiger partial charge in [-0.1, -0.05) is 60.1 Å². The Hall–Kier alpha value is -2.83. The van der Waals surface area contributed by atoms with Crippen LogP contribution < -0.4 is 9.62 Å². The summed E-state index contributed by atoms with van der Waals surface area (Å²) in [6, 6.07) is 23.1. The van der Waals surface area contributed by atoms with Gasteiger partial charge in [0.1, 0.15) is 0 Å². The summed E-state index contributed by atoms with van der Waals surface area (Å²) in [5.74, 6) is -0.227. The number of sulfonamides is 1. The molecule has 3 aromatic carbocycles. The van der Waals surface area contributed by atoms with Crippen molar-refractivity contribution in [1.29, 1.82) is 0 Å². The van der Waals surface area contributed by atoms with Crippen molar-refractivity contribution in [3.05, 3.63) is 101 Å². The third kappa shape index (κ3) is 5.40. The Labute approximate surface area is 182 Å². The first-order valence-electron chi connectivity index (χ1n) is 9.42. The normalized spacial score (nSPS) is 12.2. The van der Waals surface area contributed by atoms with E-state index in [1.54, 1.807) is 42.5 Å². The third-order valence-electron chi connectivity index (χ3n) is 4.74. The number of anilines is 1. The van der Waals surface area contributed by atoms with Crippen LogP contribution in [0.15, 0.2) is 78.9 Å². The van der Waals surface area contributed by atoms with Gasteiger partial charge < -0.3 is 5.32 Å². The number of benzene rings is 3. The SMILES string of the molecule is CC(NC(=O)c1ccc(N(Cc2ccccc2Cl)S(C)(=O)=O)cc1)c1ccccc1. The van der Waals surface area contributed by atoms with Gasteiger partial charge >= 0.3 is 0 Å². The fourth-order valence-electron chi connectivity index (χ4n) is 3.07. The van der Waals surface area contributed by atoms with E-state index in [4.69, 9.17) is 11.6 Å². The first-order valence-corrected chi connectivity index (χ1v) is 11.7. The van der Waals surface area contributed by atoms with Crippen LogP contribution in [-0.4, -0.2) is 20.6 Å². The lowest BCUT2D eigenvalue weighted by Gasteiger charge is -2.23. The van der Waals surface area contributed by atoms with Gasteiger partial charge in [-0.05, 0) is 48.4 Å². The summed E-state index contributed by atoms with van der Waals surface area (Å²) >= 11 is 6.20. The summed E-state index contributed by atoms with van der Waals surface area (Å²) < 4.78 is 26.0. The number of halogens is 1. The monoisotopic (exact) mass is 442 g/mol. The minimum atomic E-state index is -3.55. The predicted octanol–water partition coefficient (Wildman–Crippen LogP) is 4.80. The molecule has 0 saturated carbocycles. The van der Waals surface area contributed by atoms with Gasteiger partial charge in [-0.25, -0.2) is 8.42 Å². The van der Waals surface area contributed by atoms with Gasteiger partial charge in [0.05, 0.1) is 24.5 Å². The molecule has 0 spiro atoms. The number of amides is 1. The van der Waals surface area contributed by atoms with Crippen molar-refractivity contribution in [2.24, 2.45) is 0 Å². The number of carbonyl (C=O) groups excluding carboxylic acids is 1. The largest absolute Gasteiger partial charge is 0.346 e. The van der Waals surface area contributed by atoms with Crippen LogP contribution in [0.2, 0.25) is 5.02 Å². The average Bonchev–Trinajstić information content (AvgIpc) is 2.73. The third-order valence-corrected chi connectivity index (χ3v) is 6.25. The molecular weight excluding hydrogens is 420 g/mol. The van der Waals surface area contributed by atoms with E-state index in [1.807, 2.05) is 43.3 Å². The molecule has 30 heavy (non-hydrogen) atoms. The van der Waals surface area contributed by atoms with Crippen molar-refractivity contribution in [3.63, 3.8) is 0 Å². The molecule has 0 heterocycles. The zero-order valence-electron chi connectivity index (χ0n) is 16.7. The highest BCUT2D eigenvalue weighted by Crippen LogP contribution is 2.24. The summed E-state index contributed by atoms with van der Waals surface area (Å²) in [7, 11) is -3.55. The molecule has 0 aliphatic rings. The molecule has 0 aliphatic carbocycles. The Kier molecular flexibility index (Phi) is 6.80. The van der Waals surface area contributed by atoms with Crippen LogP contribution in [0.3, 0.4) is 0 Å². The standard InChI is InChI=1S/C23H23ClN2O3S/c1-17(18-8-4-3-5-9-18)25-23(27)19-12-14-21(15-13-19)26(30(2,28)29)16-20-10-6-7-11-22(20)24/h3-15,17H,16H2,1-2H3,(H,25,27). The van der Waals surface area contributed by atoms with E-state index in [2.05, 4.69) is 5.32 Å². The Morgan fingerprint density at radius 3 is 2.17 bits per heavy atom. The maximum absolute atomic E-state index is 12.6. The Bertz CT molecular complexity index is 1120. The van der Waals surface area contributed by atoms with E-state index in [0.717, 1.165) is 11.8 Å². The van der Waals surface area contributed by atoms with E-state index in [-0.39, 0.29) is 18.5 Å². The minimum absolute atomic E-state index is 0.106. The molecule has 5 nitrogen and oxygen atoms in total. The molecular formula is C23H23ClN2O3S. The van der Waals surface area contributed by atoms with Gasteiger partial charge in [0.25, 0.3) is 5.91 Å². The van der Waals surface area contributed by atoms with E-state index in [9.17, 15) is 13.2 Å². The number of carbonyl (C=O) groups is 1. The first-order chi connectivity index (χ1) is 14.3. The summed E-state index contributed by atoms with van der Waals surface area (Å²) in [6.45, 7) is 2.02. The Morgan fingerprint density at radius 1 is 0.967 bits per heavy atom. The molecule has 1 atom stereocenters. The van der Waals surface area contributed by atoms with E-state index in [0.29, 0.717) is 21.8 Å². The van der Waals surface area contributed by atoms with Crippen LogP contribution in [0.4, 0.5) is 5.69 Å². The first kappa shape index (κ1) is 21.9. The zero-order valence-corrected chi connectivity index (χ0v) is 18.3. The van der Waals surface area contributed by atoms with Crippen LogP contribution in [0.1, 0.15) is 34.5 Å². The van der Waals surface area contributed by atoms with Crippen molar-refractivity contribution >= 4 is 33.2 Å². The molecule has 156 valence electrons. The second-order valence-electron chi connectivity index (χ2n) is 7.01. The quantitative estimate of drug-likeness (QED) is 0.571. The number of hydrogen-bond acceptors (Lipinski definition) is 3. The number of nitrogens with zero attached hydrogens (tertiary/aromatic N) is 1. The van der Waals surface area contributed by atoms with Gasteiger partial charge in [0.15, 0.2) is 0 Å². The lowest BCUT2D eigenvalue weighted by atomic mass is 10.1. The van der Waals surface area contributed by atoms with Gasteiger partial charge in [0, 0.05) is 10.6 Å². The molecule has 0 fully saturated rings. The highest BCUT2D eigenvalue weighted by Gasteiger charge is 2.20. The summed E-state index contributed by atoms with van der Waals surface area (Å²) in [6.07, 6.45) is 1.14. The van der Waals surface area contributed by atoms with Crippen LogP contribution in [0.25, 0.3) is 0 Å². The molecule has 3 rings (SSSR count). The second kappa shape index (κ2) is 9.32. The van der Waals surface area contributed by atoms with Gasteiger partial charge in [-0.2, -0.15) is 0 Å². The molecule has 0 bridgehead atoms. The van der Waals surface area contributed by atoms with E-state index in [1.165, 1.54) is 4.31 Å². The molecule has 3 aromatic rings. The summed E-state index contributed by atoms with van der Waals surface area (Å²) in [5, 5.41) is 3.45. The van der Waals surface area contributed by atoms with Crippen LogP contribution >= 0.6 is 11.6 Å². The molecule has 1 unspecified atom stereocenters. The number of hydrogen-bond donors (Lipinski definition) is 1. The van der Waals surface area contributed by atoms with E-state index >= 15 is 0 Å². The van der Waals surface area contributed by atoms with Crippen LogP contribution in [-0.2, 0) is 16.6 Å². The lowest BCUT2D eigenvalue weighted by Crippen LogP contribution is -2.30. The summed E-state index contributed by atoms with van der Waals surface area (Å²) in [5.41, 5.74) is 2.62. The lowest BCUT2D eigenvalue weighted by molar-refractivity contribution is 0.0940. The van der Waals surface area contributed by atoms with Crippen molar-refractivity contribution < 1.29 is 13.2 Å². The molecule has 0 aliphatic heterocycles. The molecule has 0 saturated heterocycles. The molecule has 7 heteroatoms. The van der Waals surface area contributed by atoms with Gasteiger partial charge in [0.2, 0.25) is 10.0 Å². The predicted molar refractivity (Wildman–Crippen MR) is 121 cm³/mol. The van der Waals surface area contributed by atoms with E-state index < -0.39 is 10.0 Å². The Balaban J connectivity index is 1.78. The van der Waals surface area contributed by atoms with Gasteiger partial charge in [-0.15, -0.1) is 0 Å². The zero-order chi connectivity index (χ0) is 21.7. The maximum atomic E-state index is 12.6. The number of rotatable bonds is 7. The smallest absolute Gasteiger partial charge is 0.251 e. The highest BCUT2D eigenvalue weighted by atomic mass is 35.5. The topological polar surface area (TPSA) is 66.5 Å². The molecule has 0 radical (unpaired) electrons. The Morgan fingerprint density at radius 2 is 1.57 bits per heavy atom. The fourth-order valence-corrected chi connectivity index (χ4v) is 4.14. The average molecular weight is 443 g/mol. The van der Waals surface area contributed by atoms with Crippen LogP contribution in [0, 0.1) is 0 Å². The summed E-state index contributed by atoms with van der Waals surface area (Å²) in [4.78, 5) is 12.6. The maximum Gasteiger partial charge on any atom is 0.251 e. The minimum Gasteiger partial charge on any atom is -0.346 e. The highest BCUT2D eigenvalue weighted by molar-refractivity contribution is 7.92. The van der Waals surface area contributed by atoms with Crippen molar-refractivity contribution in [2.45, 2.75) is 19.5 Å². The molecule has 1 N–H and O–H groups in total. The number of nitrogens with one attached hydrogen (secondary N) is 1. The molecule has 0 aromatic heterocycles. The van der Waals surface area contributed by atoms with Crippen molar-refractivity contribution in [2.75, 3.05) is 10.6 Å². The molecule has 1 amide bonds.